The van der Waals surface area contributed by atoms with Crippen molar-refractivity contribution in [2.45, 2.75) is 6.04 Å². The van der Waals surface area contributed by atoms with Gasteiger partial charge in [0.1, 0.15) is 6.67 Å². The molecule has 0 aromatic heterocycles. The Kier molecular flexibility index (Phi) is 3.26. The van der Waals surface area contributed by atoms with E-state index < -0.39 is 12.7 Å². The summed E-state index contributed by atoms with van der Waals surface area (Å²) in [5.41, 5.74) is 6.35. The van der Waals surface area contributed by atoms with E-state index in [0.717, 1.165) is 9.13 Å². The zero-order valence-electron chi connectivity index (χ0n) is 5.93. The van der Waals surface area contributed by atoms with Crippen molar-refractivity contribution in [3.8, 4) is 0 Å². The van der Waals surface area contributed by atoms with E-state index in [4.69, 9.17) is 5.73 Å². The van der Waals surface area contributed by atoms with Gasteiger partial charge in [-0.1, -0.05) is 12.1 Å². The molecule has 0 spiro atoms. The van der Waals surface area contributed by atoms with Crippen LogP contribution in [0, 0.1) is 3.57 Å². The topological polar surface area (TPSA) is 26.0 Å². The molecule has 0 bridgehead atoms. The summed E-state index contributed by atoms with van der Waals surface area (Å²) in [6.07, 6.45) is 0. The van der Waals surface area contributed by atoms with E-state index in [2.05, 4.69) is 22.6 Å². The number of benzene rings is 1. The lowest BCUT2D eigenvalue weighted by Gasteiger charge is -2.06. The third-order valence-electron chi connectivity index (χ3n) is 1.44. The van der Waals surface area contributed by atoms with Crippen molar-refractivity contribution >= 4 is 22.6 Å². The fourth-order valence-electron chi connectivity index (χ4n) is 0.826. The van der Waals surface area contributed by atoms with Gasteiger partial charge in [-0.2, -0.15) is 0 Å². The number of hydrogen-bond acceptors (Lipinski definition) is 1. The van der Waals surface area contributed by atoms with E-state index in [1.807, 2.05) is 24.3 Å². The Bertz CT molecular complexity index is 239. The zero-order valence-corrected chi connectivity index (χ0v) is 8.08. The molecule has 1 unspecified atom stereocenters. The second kappa shape index (κ2) is 4.01. The van der Waals surface area contributed by atoms with E-state index in [0.29, 0.717) is 0 Å². The number of hydrogen-bond donors (Lipinski definition) is 1. The van der Waals surface area contributed by atoms with Crippen LogP contribution in [0.2, 0.25) is 0 Å². The van der Waals surface area contributed by atoms with Crippen LogP contribution in [0.1, 0.15) is 11.6 Å². The summed E-state index contributed by atoms with van der Waals surface area (Å²) in [7, 11) is 0. The van der Waals surface area contributed by atoms with Gasteiger partial charge in [0.05, 0.1) is 6.04 Å². The number of alkyl halides is 1. The van der Waals surface area contributed by atoms with Crippen LogP contribution < -0.4 is 5.73 Å². The highest BCUT2D eigenvalue weighted by Crippen LogP contribution is 2.13. The van der Waals surface area contributed by atoms with Crippen molar-refractivity contribution in [3.63, 3.8) is 0 Å². The first-order chi connectivity index (χ1) is 5.24. The van der Waals surface area contributed by atoms with Gasteiger partial charge in [-0.05, 0) is 40.3 Å². The molecule has 60 valence electrons. The molecule has 0 aliphatic heterocycles. The normalized spacial score (nSPS) is 13.0. The van der Waals surface area contributed by atoms with Crippen molar-refractivity contribution in [1.29, 1.82) is 0 Å². The van der Waals surface area contributed by atoms with Crippen LogP contribution in [0.25, 0.3) is 0 Å². The maximum absolute atomic E-state index is 12.1. The van der Waals surface area contributed by atoms with E-state index in [9.17, 15) is 4.39 Å². The summed E-state index contributed by atoms with van der Waals surface area (Å²) >= 11 is 2.18. The van der Waals surface area contributed by atoms with Gasteiger partial charge >= 0.3 is 0 Å². The third-order valence-corrected chi connectivity index (χ3v) is 2.11. The molecule has 3 heteroatoms. The quantitative estimate of drug-likeness (QED) is 0.815. The van der Waals surface area contributed by atoms with Crippen molar-refractivity contribution in [2.75, 3.05) is 6.67 Å². The van der Waals surface area contributed by atoms with Gasteiger partial charge in [0, 0.05) is 3.57 Å². The molecule has 0 amide bonds. The van der Waals surface area contributed by atoms with Gasteiger partial charge in [-0.25, -0.2) is 4.39 Å². The molecule has 1 rings (SSSR count). The molecule has 0 fully saturated rings. The summed E-state index contributed by atoms with van der Waals surface area (Å²) in [5.74, 6) is 0. The SMILES string of the molecule is NC(CF)c1cccc(I)c1. The lowest BCUT2D eigenvalue weighted by molar-refractivity contribution is 0.437. The fraction of sp³-hybridized carbons (Fsp3) is 0.250. The van der Waals surface area contributed by atoms with Crippen LogP contribution in [0.15, 0.2) is 24.3 Å². The molecule has 0 heterocycles. The Morgan fingerprint density at radius 1 is 1.55 bits per heavy atom. The first kappa shape index (κ1) is 8.93. The summed E-state index contributed by atoms with van der Waals surface area (Å²) in [6, 6.07) is 7.10. The Hall–Kier alpha value is -0.160. The molecule has 0 radical (unpaired) electrons. The minimum atomic E-state index is -0.500. The number of halogens is 2. The highest BCUT2D eigenvalue weighted by Gasteiger charge is 2.03. The molecule has 0 aliphatic rings. The maximum Gasteiger partial charge on any atom is 0.109 e. The first-order valence-corrected chi connectivity index (χ1v) is 4.39. The Balaban J connectivity index is 2.86. The van der Waals surface area contributed by atoms with E-state index >= 15 is 0 Å². The molecule has 0 saturated heterocycles. The molecule has 1 aromatic rings. The van der Waals surface area contributed by atoms with Crippen LogP contribution >= 0.6 is 22.6 Å². The molecule has 1 nitrogen and oxygen atoms in total. The summed E-state index contributed by atoms with van der Waals surface area (Å²) in [6.45, 7) is -0.500. The Morgan fingerprint density at radius 2 is 2.27 bits per heavy atom. The van der Waals surface area contributed by atoms with E-state index in [-0.39, 0.29) is 0 Å². The Morgan fingerprint density at radius 3 is 2.82 bits per heavy atom. The Labute approximate surface area is 78.9 Å². The molecule has 1 atom stereocenters. The predicted molar refractivity (Wildman–Crippen MR) is 52.1 cm³/mol. The monoisotopic (exact) mass is 265 g/mol. The lowest BCUT2D eigenvalue weighted by Crippen LogP contribution is -2.11. The molecule has 0 saturated carbocycles. The van der Waals surface area contributed by atoms with Crippen molar-refractivity contribution in [1.82, 2.24) is 0 Å². The summed E-state index contributed by atoms with van der Waals surface area (Å²) in [5, 5.41) is 0. The zero-order chi connectivity index (χ0) is 8.27. The van der Waals surface area contributed by atoms with Crippen LogP contribution in [-0.4, -0.2) is 6.67 Å². The molecule has 1 aromatic carbocycles. The predicted octanol–water partition coefficient (Wildman–Crippen LogP) is 2.26. The van der Waals surface area contributed by atoms with Crippen molar-refractivity contribution < 1.29 is 4.39 Å². The van der Waals surface area contributed by atoms with Crippen LogP contribution in [0.4, 0.5) is 4.39 Å². The molecule has 2 N–H and O–H groups in total. The van der Waals surface area contributed by atoms with Crippen molar-refractivity contribution in [2.24, 2.45) is 5.73 Å². The highest BCUT2D eigenvalue weighted by molar-refractivity contribution is 14.1. The maximum atomic E-state index is 12.1. The second-order valence-corrected chi connectivity index (χ2v) is 3.56. The lowest BCUT2D eigenvalue weighted by atomic mass is 10.1. The van der Waals surface area contributed by atoms with Gasteiger partial charge in [0.25, 0.3) is 0 Å². The fourth-order valence-corrected chi connectivity index (χ4v) is 1.39. The molecule has 0 aliphatic carbocycles. The second-order valence-electron chi connectivity index (χ2n) is 2.32. The average molecular weight is 265 g/mol. The van der Waals surface area contributed by atoms with Gasteiger partial charge in [-0.15, -0.1) is 0 Å². The smallest absolute Gasteiger partial charge is 0.109 e. The van der Waals surface area contributed by atoms with Gasteiger partial charge in [0.15, 0.2) is 0 Å². The molecule has 11 heavy (non-hydrogen) atoms. The average Bonchev–Trinajstić information content (AvgIpc) is 2.03. The summed E-state index contributed by atoms with van der Waals surface area (Å²) in [4.78, 5) is 0. The number of rotatable bonds is 2. The van der Waals surface area contributed by atoms with Crippen LogP contribution in [-0.2, 0) is 0 Å². The third kappa shape index (κ3) is 2.41. The van der Waals surface area contributed by atoms with Crippen LogP contribution in [0.5, 0.6) is 0 Å². The standard InChI is InChI=1S/C8H9FIN/c9-5-8(11)6-2-1-3-7(10)4-6/h1-4,8H,5,11H2. The summed E-state index contributed by atoms with van der Waals surface area (Å²) < 4.78 is 13.2. The van der Waals surface area contributed by atoms with Gasteiger partial charge in [0.2, 0.25) is 0 Å². The molecular weight excluding hydrogens is 256 g/mol. The first-order valence-electron chi connectivity index (χ1n) is 3.31. The van der Waals surface area contributed by atoms with Crippen molar-refractivity contribution in [3.05, 3.63) is 33.4 Å². The van der Waals surface area contributed by atoms with E-state index in [1.54, 1.807) is 0 Å². The van der Waals surface area contributed by atoms with Gasteiger partial charge < -0.3 is 5.73 Å². The van der Waals surface area contributed by atoms with Gasteiger partial charge in [-0.3, -0.25) is 0 Å². The largest absolute Gasteiger partial charge is 0.322 e. The van der Waals surface area contributed by atoms with Crippen LogP contribution in [0.3, 0.4) is 0 Å². The highest BCUT2D eigenvalue weighted by atomic mass is 127. The molecular formula is C8H9FIN. The minimum absolute atomic E-state index is 0.468. The number of nitrogens with two attached hydrogens (primary N) is 1. The van der Waals surface area contributed by atoms with E-state index in [1.165, 1.54) is 0 Å². The minimum Gasteiger partial charge on any atom is -0.322 e.